The second kappa shape index (κ2) is 3.83. The number of aromatic nitrogens is 1. The molecule has 0 aliphatic rings. The molecule has 2 rings (SSSR count). The van der Waals surface area contributed by atoms with Crippen LogP contribution in [0.15, 0.2) is 12.1 Å². The van der Waals surface area contributed by atoms with Gasteiger partial charge in [0.05, 0.1) is 14.7 Å². The number of fused-ring (bicyclic) bond motifs is 1. The first-order valence-electron chi connectivity index (χ1n) is 4.45. The van der Waals surface area contributed by atoms with Crippen molar-refractivity contribution in [2.45, 2.75) is 19.8 Å². The van der Waals surface area contributed by atoms with Gasteiger partial charge in [0.2, 0.25) is 0 Å². The van der Waals surface area contributed by atoms with E-state index in [0.717, 1.165) is 28.1 Å². The molecule has 0 bridgehead atoms. The van der Waals surface area contributed by atoms with Crippen molar-refractivity contribution < 1.29 is 4.39 Å². The zero-order valence-corrected chi connectivity index (χ0v) is 9.25. The van der Waals surface area contributed by atoms with E-state index in [1.165, 1.54) is 23.5 Å². The van der Waals surface area contributed by atoms with Crippen molar-refractivity contribution in [3.63, 3.8) is 0 Å². The van der Waals surface area contributed by atoms with Gasteiger partial charge in [0.1, 0.15) is 11.3 Å². The van der Waals surface area contributed by atoms with Gasteiger partial charge in [-0.05, 0) is 25.0 Å². The van der Waals surface area contributed by atoms with Gasteiger partial charge in [-0.25, -0.2) is 9.37 Å². The lowest BCUT2D eigenvalue weighted by atomic mass is 10.3. The topological polar surface area (TPSA) is 12.9 Å². The molecule has 0 fully saturated rings. The van der Waals surface area contributed by atoms with Gasteiger partial charge in [-0.1, -0.05) is 18.5 Å². The Labute approximate surface area is 90.5 Å². The van der Waals surface area contributed by atoms with Crippen molar-refractivity contribution in [3.05, 3.63) is 28.0 Å². The van der Waals surface area contributed by atoms with Crippen molar-refractivity contribution in [1.82, 2.24) is 4.98 Å². The van der Waals surface area contributed by atoms with Crippen molar-refractivity contribution in [2.75, 3.05) is 0 Å². The van der Waals surface area contributed by atoms with E-state index in [9.17, 15) is 4.39 Å². The van der Waals surface area contributed by atoms with Gasteiger partial charge in [0, 0.05) is 0 Å². The summed E-state index contributed by atoms with van der Waals surface area (Å²) >= 11 is 7.39. The van der Waals surface area contributed by atoms with Gasteiger partial charge in [0.15, 0.2) is 0 Å². The SMILES string of the molecule is CCCc1nc2c(Cl)cc(F)cc2s1. The molecule has 0 unspecified atom stereocenters. The van der Waals surface area contributed by atoms with Crippen molar-refractivity contribution in [2.24, 2.45) is 0 Å². The third-order valence-corrected chi connectivity index (χ3v) is 3.27. The van der Waals surface area contributed by atoms with Gasteiger partial charge >= 0.3 is 0 Å². The largest absolute Gasteiger partial charge is 0.240 e. The second-order valence-corrected chi connectivity index (χ2v) is 4.61. The Hall–Kier alpha value is -0.670. The molecule has 0 radical (unpaired) electrons. The van der Waals surface area contributed by atoms with Crippen LogP contribution in [0.25, 0.3) is 10.2 Å². The maximum Gasteiger partial charge on any atom is 0.126 e. The summed E-state index contributed by atoms with van der Waals surface area (Å²) in [5.41, 5.74) is 0.724. The van der Waals surface area contributed by atoms with Gasteiger partial charge in [0.25, 0.3) is 0 Å². The predicted molar refractivity (Wildman–Crippen MR) is 58.6 cm³/mol. The molecule has 0 saturated carbocycles. The Morgan fingerprint density at radius 1 is 1.50 bits per heavy atom. The summed E-state index contributed by atoms with van der Waals surface area (Å²) in [6.45, 7) is 2.09. The highest BCUT2D eigenvalue weighted by atomic mass is 35.5. The summed E-state index contributed by atoms with van der Waals surface area (Å²) in [5, 5.41) is 1.42. The fourth-order valence-electron chi connectivity index (χ4n) is 1.32. The first kappa shape index (κ1) is 9.87. The van der Waals surface area contributed by atoms with Crippen LogP contribution >= 0.6 is 22.9 Å². The van der Waals surface area contributed by atoms with E-state index < -0.39 is 0 Å². The summed E-state index contributed by atoms with van der Waals surface area (Å²) in [6, 6.07) is 2.79. The number of thiazole rings is 1. The summed E-state index contributed by atoms with van der Waals surface area (Å²) < 4.78 is 13.8. The Bertz CT molecular complexity index is 466. The van der Waals surface area contributed by atoms with Crippen LogP contribution in [0.3, 0.4) is 0 Å². The number of nitrogens with zero attached hydrogens (tertiary/aromatic N) is 1. The number of aryl methyl sites for hydroxylation is 1. The molecule has 0 saturated heterocycles. The van der Waals surface area contributed by atoms with Gasteiger partial charge in [-0.2, -0.15) is 0 Å². The molecular weight excluding hydrogens is 221 g/mol. The number of benzene rings is 1. The average Bonchev–Trinajstić information content (AvgIpc) is 2.48. The highest BCUT2D eigenvalue weighted by Gasteiger charge is 2.08. The number of hydrogen-bond donors (Lipinski definition) is 0. The van der Waals surface area contributed by atoms with Crippen molar-refractivity contribution >= 4 is 33.2 Å². The van der Waals surface area contributed by atoms with Crippen LogP contribution in [-0.2, 0) is 6.42 Å². The molecule has 0 N–H and O–H groups in total. The summed E-state index contributed by atoms with van der Waals surface area (Å²) in [5.74, 6) is -0.297. The lowest BCUT2D eigenvalue weighted by molar-refractivity contribution is 0.630. The third kappa shape index (κ3) is 1.74. The Kier molecular flexibility index (Phi) is 2.70. The summed E-state index contributed by atoms with van der Waals surface area (Å²) in [6.07, 6.45) is 1.97. The maximum atomic E-state index is 13.0. The third-order valence-electron chi connectivity index (χ3n) is 1.92. The molecule has 1 nitrogen and oxygen atoms in total. The smallest absolute Gasteiger partial charge is 0.126 e. The van der Waals surface area contributed by atoms with Crippen molar-refractivity contribution in [1.29, 1.82) is 0 Å². The van der Waals surface area contributed by atoms with Crippen LogP contribution < -0.4 is 0 Å². The Morgan fingerprint density at radius 3 is 3.00 bits per heavy atom. The van der Waals surface area contributed by atoms with E-state index in [-0.39, 0.29) is 5.82 Å². The Morgan fingerprint density at radius 2 is 2.29 bits per heavy atom. The standard InChI is InChI=1S/C10H9ClFNS/c1-2-3-9-13-10-7(11)4-6(12)5-8(10)14-9/h4-5H,2-3H2,1H3. The highest BCUT2D eigenvalue weighted by Crippen LogP contribution is 2.29. The molecule has 1 aromatic carbocycles. The number of halogens is 2. The summed E-state index contributed by atoms with van der Waals surface area (Å²) in [4.78, 5) is 4.36. The minimum atomic E-state index is -0.297. The molecule has 74 valence electrons. The van der Waals surface area contributed by atoms with E-state index in [0.29, 0.717) is 5.02 Å². The van der Waals surface area contributed by atoms with Crippen molar-refractivity contribution in [3.8, 4) is 0 Å². The molecule has 14 heavy (non-hydrogen) atoms. The van der Waals surface area contributed by atoms with Crippen LogP contribution in [0.5, 0.6) is 0 Å². The quantitative estimate of drug-likeness (QED) is 0.757. The maximum absolute atomic E-state index is 13.0. The van der Waals surface area contributed by atoms with Gasteiger partial charge < -0.3 is 0 Å². The second-order valence-electron chi connectivity index (χ2n) is 3.09. The van der Waals surface area contributed by atoms with Crippen LogP contribution in [0, 0.1) is 5.82 Å². The number of rotatable bonds is 2. The minimum absolute atomic E-state index is 0.297. The molecule has 0 amide bonds. The Balaban J connectivity index is 2.58. The van der Waals surface area contributed by atoms with E-state index in [2.05, 4.69) is 11.9 Å². The normalized spacial score (nSPS) is 11.1. The van der Waals surface area contributed by atoms with Crippen LogP contribution in [0.2, 0.25) is 5.02 Å². The molecule has 0 spiro atoms. The van der Waals surface area contributed by atoms with E-state index >= 15 is 0 Å². The minimum Gasteiger partial charge on any atom is -0.240 e. The van der Waals surface area contributed by atoms with Gasteiger partial charge in [-0.15, -0.1) is 11.3 Å². The zero-order chi connectivity index (χ0) is 10.1. The molecule has 0 aliphatic carbocycles. The molecule has 2 aromatic rings. The molecule has 1 aromatic heterocycles. The molecule has 4 heteroatoms. The lowest BCUT2D eigenvalue weighted by Crippen LogP contribution is -1.79. The van der Waals surface area contributed by atoms with E-state index in [1.54, 1.807) is 0 Å². The van der Waals surface area contributed by atoms with E-state index in [4.69, 9.17) is 11.6 Å². The lowest BCUT2D eigenvalue weighted by Gasteiger charge is -1.91. The highest BCUT2D eigenvalue weighted by molar-refractivity contribution is 7.18. The number of hydrogen-bond acceptors (Lipinski definition) is 2. The first-order valence-corrected chi connectivity index (χ1v) is 5.64. The summed E-state index contributed by atoms with van der Waals surface area (Å²) in [7, 11) is 0. The van der Waals surface area contributed by atoms with Crippen LogP contribution in [0.4, 0.5) is 4.39 Å². The fraction of sp³-hybridized carbons (Fsp3) is 0.300. The molecule has 0 aliphatic heterocycles. The predicted octanol–water partition coefficient (Wildman–Crippen LogP) is 4.04. The van der Waals surface area contributed by atoms with Crippen LogP contribution in [0.1, 0.15) is 18.4 Å². The first-order chi connectivity index (χ1) is 6.70. The average molecular weight is 230 g/mol. The molecular formula is C10H9ClFNS. The monoisotopic (exact) mass is 229 g/mol. The molecule has 1 heterocycles. The fourth-order valence-corrected chi connectivity index (χ4v) is 2.75. The zero-order valence-electron chi connectivity index (χ0n) is 7.68. The van der Waals surface area contributed by atoms with E-state index in [1.807, 2.05) is 0 Å². The molecule has 0 atom stereocenters. The van der Waals surface area contributed by atoms with Gasteiger partial charge in [-0.3, -0.25) is 0 Å². The van der Waals surface area contributed by atoms with Crippen LogP contribution in [-0.4, -0.2) is 4.98 Å².